The van der Waals surface area contributed by atoms with Crippen molar-refractivity contribution in [2.45, 2.75) is 109 Å². The van der Waals surface area contributed by atoms with Crippen LogP contribution in [0.3, 0.4) is 0 Å². The van der Waals surface area contributed by atoms with Crippen molar-refractivity contribution in [3.8, 4) is 0 Å². The molecule has 2 aromatic rings. The Kier molecular flexibility index (Phi) is 8.56. The maximum absolute atomic E-state index is 13.2. The van der Waals surface area contributed by atoms with Gasteiger partial charge in [0, 0.05) is 6.54 Å². The number of carbonyl (C=O) groups is 3. The molecule has 4 amide bonds. The van der Waals surface area contributed by atoms with E-state index in [-0.39, 0.29) is 30.5 Å². The number of hydroxylamine groups is 2. The number of urea groups is 1. The number of benzene rings is 1. The average molecular weight is 612 g/mol. The van der Waals surface area contributed by atoms with Gasteiger partial charge in [-0.2, -0.15) is 5.06 Å². The topological polar surface area (TPSA) is 161 Å². The lowest BCUT2D eigenvalue weighted by atomic mass is 10.0. The molecule has 3 fully saturated rings. The molecule has 3 aliphatic rings. The van der Waals surface area contributed by atoms with Gasteiger partial charge in [-0.3, -0.25) is 15.5 Å². The molecule has 2 saturated heterocycles. The van der Waals surface area contributed by atoms with E-state index in [1.807, 2.05) is 30.3 Å². The molecule has 0 radical (unpaired) electrons. The number of aliphatic imine (C=N–C) groups is 1. The molecular formula is C30H41N7O7. The van der Waals surface area contributed by atoms with Gasteiger partial charge in [0.1, 0.15) is 23.9 Å². The van der Waals surface area contributed by atoms with E-state index in [1.54, 1.807) is 46.4 Å². The number of nitrogens with zero attached hydrogens (tertiary/aromatic N) is 5. The number of ether oxygens (including phenoxy) is 2. The molecule has 2 unspecified atom stereocenters. The predicted octanol–water partition coefficient (Wildman–Crippen LogP) is 4.62. The van der Waals surface area contributed by atoms with E-state index in [4.69, 9.17) is 18.7 Å². The fourth-order valence-corrected chi connectivity index (χ4v) is 5.12. The first-order valence-corrected chi connectivity index (χ1v) is 14.9. The van der Waals surface area contributed by atoms with Gasteiger partial charge in [0.15, 0.2) is 0 Å². The largest absolute Gasteiger partial charge is 0.444 e. The number of amides is 4. The number of rotatable bonds is 7. The van der Waals surface area contributed by atoms with Crippen LogP contribution < -0.4 is 10.6 Å². The number of fused-ring (bicyclic) bond motifs is 2. The van der Waals surface area contributed by atoms with Crippen LogP contribution in [-0.4, -0.2) is 73.7 Å². The minimum Gasteiger partial charge on any atom is -0.444 e. The Hall–Kier alpha value is -4.20. The standard InChI is InChI=1S/C30H41N7O7/c1-28(2,3)43-25(38)31-24(32-26(39)44-29(4,5)6)33-30(14-15-30)16-22-34-35-23(42-22)21-13-12-20-17-36(21)27(40)37(20)41-18-19-10-8-7-9-11-19/h7-11,20-21H,12-18H2,1-6H3,(H2,31,32,33,38,39). The zero-order chi connectivity index (χ0) is 31.7. The fraction of sp³-hybridized carbons (Fsp3) is 0.600. The monoisotopic (exact) mass is 611 g/mol. The first kappa shape index (κ1) is 31.2. The maximum atomic E-state index is 13.2. The van der Waals surface area contributed by atoms with Crippen molar-refractivity contribution in [1.82, 2.24) is 30.8 Å². The number of guanidine groups is 1. The summed E-state index contributed by atoms with van der Waals surface area (Å²) < 4.78 is 16.8. The van der Waals surface area contributed by atoms with Gasteiger partial charge >= 0.3 is 18.2 Å². The molecule has 1 saturated carbocycles. The molecule has 2 N–H and O–H groups in total. The zero-order valence-corrected chi connectivity index (χ0v) is 26.1. The number of piperidine rings is 1. The summed E-state index contributed by atoms with van der Waals surface area (Å²) in [7, 11) is 0. The molecule has 14 heteroatoms. The van der Waals surface area contributed by atoms with E-state index in [2.05, 4.69) is 25.8 Å². The molecule has 14 nitrogen and oxygen atoms in total. The van der Waals surface area contributed by atoms with Crippen molar-refractivity contribution in [1.29, 1.82) is 0 Å². The number of nitrogens with one attached hydrogen (secondary N) is 2. The quantitative estimate of drug-likeness (QED) is 0.336. The Morgan fingerprint density at radius 3 is 2.23 bits per heavy atom. The third kappa shape index (κ3) is 8.04. The van der Waals surface area contributed by atoms with E-state index in [9.17, 15) is 14.4 Å². The van der Waals surface area contributed by atoms with Gasteiger partial charge < -0.3 is 18.8 Å². The van der Waals surface area contributed by atoms with Crippen molar-refractivity contribution >= 4 is 24.2 Å². The van der Waals surface area contributed by atoms with Gasteiger partial charge in [-0.1, -0.05) is 30.3 Å². The van der Waals surface area contributed by atoms with Crippen molar-refractivity contribution < 1.29 is 33.1 Å². The first-order valence-electron chi connectivity index (χ1n) is 14.9. The second kappa shape index (κ2) is 12.1. The van der Waals surface area contributed by atoms with E-state index >= 15 is 0 Å². The molecule has 1 aromatic carbocycles. The first-order chi connectivity index (χ1) is 20.7. The van der Waals surface area contributed by atoms with Crippen molar-refractivity contribution in [2.75, 3.05) is 6.54 Å². The summed E-state index contributed by atoms with van der Waals surface area (Å²) in [5, 5.41) is 15.1. The van der Waals surface area contributed by atoms with Crippen molar-refractivity contribution in [2.24, 2.45) is 4.99 Å². The van der Waals surface area contributed by atoms with Crippen molar-refractivity contribution in [3.05, 3.63) is 47.7 Å². The smallest absolute Gasteiger partial charge is 0.414 e. The molecule has 238 valence electrons. The summed E-state index contributed by atoms with van der Waals surface area (Å²) >= 11 is 0. The summed E-state index contributed by atoms with van der Waals surface area (Å²) in [6.45, 7) is 11.2. The number of alkyl carbamates (subject to hydrolysis) is 2. The predicted molar refractivity (Wildman–Crippen MR) is 157 cm³/mol. The van der Waals surface area contributed by atoms with E-state index in [0.29, 0.717) is 44.2 Å². The number of hydrogen-bond acceptors (Lipinski definition) is 10. The van der Waals surface area contributed by atoms with E-state index in [0.717, 1.165) is 12.0 Å². The highest BCUT2D eigenvalue weighted by molar-refractivity contribution is 6.01. The van der Waals surface area contributed by atoms with Gasteiger partial charge in [0.25, 0.3) is 0 Å². The second-order valence-electron chi connectivity index (χ2n) is 13.4. The SMILES string of the molecule is CC(C)(C)OC(=O)NC(=NC1(Cc2nnc(C3CCC4CN3C(=O)N4OCc3ccccc3)o2)CC1)NC(=O)OC(C)(C)C. The highest BCUT2D eigenvalue weighted by Gasteiger charge is 2.49. The van der Waals surface area contributed by atoms with Crippen LogP contribution in [-0.2, 0) is 27.3 Å². The third-order valence-corrected chi connectivity index (χ3v) is 7.20. The second-order valence-corrected chi connectivity index (χ2v) is 13.4. The summed E-state index contributed by atoms with van der Waals surface area (Å²) in [5.41, 5.74) is -1.19. The molecule has 2 atom stereocenters. The Morgan fingerprint density at radius 2 is 1.64 bits per heavy atom. The van der Waals surface area contributed by atoms with Crippen LogP contribution in [0.25, 0.3) is 0 Å². The lowest BCUT2D eigenvalue weighted by molar-refractivity contribution is -0.140. The Bertz CT molecular complexity index is 1360. The Morgan fingerprint density at radius 1 is 1.00 bits per heavy atom. The highest BCUT2D eigenvalue weighted by Crippen LogP contribution is 2.43. The molecular weight excluding hydrogens is 570 g/mol. The van der Waals surface area contributed by atoms with Gasteiger partial charge in [-0.05, 0) is 72.8 Å². The van der Waals surface area contributed by atoms with Crippen LogP contribution >= 0.6 is 0 Å². The molecule has 2 bridgehead atoms. The molecule has 44 heavy (non-hydrogen) atoms. The third-order valence-electron chi connectivity index (χ3n) is 7.20. The van der Waals surface area contributed by atoms with Crippen LogP contribution in [0.2, 0.25) is 0 Å². The number of hydrogen-bond donors (Lipinski definition) is 2. The molecule has 0 spiro atoms. The van der Waals surface area contributed by atoms with Gasteiger partial charge in [0.2, 0.25) is 17.7 Å². The fourth-order valence-electron chi connectivity index (χ4n) is 5.12. The maximum Gasteiger partial charge on any atom is 0.414 e. The Balaban J connectivity index is 1.25. The minimum atomic E-state index is -0.768. The summed E-state index contributed by atoms with van der Waals surface area (Å²) in [6.07, 6.45) is 1.49. The molecule has 1 aliphatic carbocycles. The van der Waals surface area contributed by atoms with Gasteiger partial charge in [0.05, 0.1) is 18.0 Å². The molecule has 5 rings (SSSR count). The normalized spacial score (nSPS) is 20.6. The van der Waals surface area contributed by atoms with Crippen molar-refractivity contribution in [3.63, 3.8) is 0 Å². The summed E-state index contributed by atoms with van der Waals surface area (Å²) in [6, 6.07) is 9.09. The molecule has 2 aliphatic heterocycles. The van der Waals surface area contributed by atoms with Crippen LogP contribution in [0.4, 0.5) is 14.4 Å². The van der Waals surface area contributed by atoms with Crippen LogP contribution in [0.5, 0.6) is 0 Å². The van der Waals surface area contributed by atoms with E-state index < -0.39 is 28.9 Å². The summed E-state index contributed by atoms with van der Waals surface area (Å²) in [5.74, 6) is 0.610. The van der Waals surface area contributed by atoms with Crippen LogP contribution in [0, 0.1) is 0 Å². The summed E-state index contributed by atoms with van der Waals surface area (Å²) in [4.78, 5) is 50.5. The number of carbonyl (C=O) groups excluding carboxylic acids is 3. The van der Waals surface area contributed by atoms with Gasteiger partial charge in [-0.25, -0.2) is 19.4 Å². The molecule has 1 aromatic heterocycles. The lowest BCUT2D eigenvalue weighted by Crippen LogP contribution is -2.48. The minimum absolute atomic E-state index is 0.0395. The van der Waals surface area contributed by atoms with Crippen LogP contribution in [0.1, 0.15) is 90.6 Å². The molecule has 3 heterocycles. The van der Waals surface area contributed by atoms with Crippen LogP contribution in [0.15, 0.2) is 39.7 Å². The van der Waals surface area contributed by atoms with E-state index in [1.165, 1.54) is 5.06 Å². The van der Waals surface area contributed by atoms with Gasteiger partial charge in [-0.15, -0.1) is 10.2 Å². The Labute approximate surface area is 256 Å². The zero-order valence-electron chi connectivity index (χ0n) is 26.1. The lowest BCUT2D eigenvalue weighted by Gasteiger charge is -2.27. The highest BCUT2D eigenvalue weighted by atomic mass is 16.7. The average Bonchev–Trinajstić information content (AvgIpc) is 3.41. The number of aromatic nitrogens is 2.